The SMILES string of the molecule is Nc1cccc(C2CCC2)c1. The zero-order valence-corrected chi connectivity index (χ0v) is 6.59. The number of hydrogen-bond donors (Lipinski definition) is 1. The van der Waals surface area contributed by atoms with Crippen molar-refractivity contribution in [3.05, 3.63) is 29.8 Å². The van der Waals surface area contributed by atoms with Crippen LogP contribution in [0.4, 0.5) is 5.69 Å². The van der Waals surface area contributed by atoms with Crippen molar-refractivity contribution in [2.24, 2.45) is 0 Å². The minimum atomic E-state index is 0.804. The second-order valence-corrected chi connectivity index (χ2v) is 3.30. The van der Waals surface area contributed by atoms with E-state index in [9.17, 15) is 0 Å². The molecule has 2 N–H and O–H groups in total. The Bertz CT molecular complexity index is 251. The number of nitrogen functional groups attached to an aromatic ring is 1. The highest BCUT2D eigenvalue weighted by Gasteiger charge is 2.18. The van der Waals surface area contributed by atoms with Crippen molar-refractivity contribution < 1.29 is 0 Å². The molecule has 0 amide bonds. The standard InChI is InChI=1S/C10H13N/c11-10-6-2-5-9(7-10)8-3-1-4-8/h2,5-8H,1,3-4,11H2. The van der Waals surface area contributed by atoms with Crippen molar-refractivity contribution >= 4 is 5.69 Å². The molecule has 0 aromatic heterocycles. The fourth-order valence-electron chi connectivity index (χ4n) is 1.55. The number of benzene rings is 1. The minimum absolute atomic E-state index is 0.804. The first kappa shape index (κ1) is 6.71. The van der Waals surface area contributed by atoms with E-state index in [0.29, 0.717) is 0 Å². The summed E-state index contributed by atoms with van der Waals surface area (Å²) in [5.41, 5.74) is 8.00. The van der Waals surface area contributed by atoms with Gasteiger partial charge in [-0.05, 0) is 36.5 Å². The predicted octanol–water partition coefficient (Wildman–Crippen LogP) is 2.54. The predicted molar refractivity (Wildman–Crippen MR) is 47.4 cm³/mol. The molecule has 0 aliphatic heterocycles. The third-order valence-corrected chi connectivity index (χ3v) is 2.49. The third kappa shape index (κ3) is 1.23. The van der Waals surface area contributed by atoms with Crippen molar-refractivity contribution in [1.82, 2.24) is 0 Å². The van der Waals surface area contributed by atoms with Crippen LogP contribution in [0.3, 0.4) is 0 Å². The molecule has 0 saturated heterocycles. The number of nitrogens with two attached hydrogens (primary N) is 1. The van der Waals surface area contributed by atoms with Crippen molar-refractivity contribution in [2.45, 2.75) is 25.2 Å². The van der Waals surface area contributed by atoms with Gasteiger partial charge in [0.2, 0.25) is 0 Å². The first-order valence-electron chi connectivity index (χ1n) is 4.22. The first-order valence-corrected chi connectivity index (χ1v) is 4.22. The van der Waals surface area contributed by atoms with Gasteiger partial charge in [0.15, 0.2) is 0 Å². The summed E-state index contributed by atoms with van der Waals surface area (Å²) in [5, 5.41) is 0. The first-order chi connectivity index (χ1) is 5.36. The molecule has 0 radical (unpaired) electrons. The quantitative estimate of drug-likeness (QED) is 0.607. The summed E-state index contributed by atoms with van der Waals surface area (Å²) in [6.07, 6.45) is 4.09. The molecule has 58 valence electrons. The fraction of sp³-hybridized carbons (Fsp3) is 0.400. The topological polar surface area (TPSA) is 26.0 Å². The van der Waals surface area contributed by atoms with Crippen LogP contribution < -0.4 is 5.73 Å². The van der Waals surface area contributed by atoms with E-state index in [4.69, 9.17) is 5.73 Å². The van der Waals surface area contributed by atoms with Crippen molar-refractivity contribution in [3.8, 4) is 0 Å². The lowest BCUT2D eigenvalue weighted by Gasteiger charge is -2.25. The van der Waals surface area contributed by atoms with Crippen LogP contribution in [-0.2, 0) is 0 Å². The molecule has 1 fully saturated rings. The van der Waals surface area contributed by atoms with Gasteiger partial charge in [-0.25, -0.2) is 0 Å². The maximum atomic E-state index is 5.68. The Morgan fingerprint density at radius 2 is 2.09 bits per heavy atom. The van der Waals surface area contributed by atoms with Crippen LogP contribution in [0, 0.1) is 0 Å². The Hall–Kier alpha value is -0.980. The smallest absolute Gasteiger partial charge is 0.0316 e. The Morgan fingerprint density at radius 3 is 2.64 bits per heavy atom. The fourth-order valence-corrected chi connectivity index (χ4v) is 1.55. The summed E-state index contributed by atoms with van der Waals surface area (Å²) >= 11 is 0. The third-order valence-electron chi connectivity index (χ3n) is 2.49. The molecule has 1 aliphatic rings. The van der Waals surface area contributed by atoms with Crippen molar-refractivity contribution in [1.29, 1.82) is 0 Å². The Balaban J connectivity index is 2.23. The molecular formula is C10H13N. The molecule has 0 unspecified atom stereocenters. The summed E-state index contributed by atoms with van der Waals surface area (Å²) in [6.45, 7) is 0. The summed E-state index contributed by atoms with van der Waals surface area (Å²) in [6, 6.07) is 8.27. The molecule has 11 heavy (non-hydrogen) atoms. The Morgan fingerprint density at radius 1 is 1.27 bits per heavy atom. The summed E-state index contributed by atoms with van der Waals surface area (Å²) in [5.74, 6) is 0.804. The molecule has 0 spiro atoms. The average molecular weight is 147 g/mol. The van der Waals surface area contributed by atoms with Gasteiger partial charge in [0, 0.05) is 5.69 Å². The highest BCUT2D eigenvalue weighted by molar-refractivity contribution is 5.42. The monoisotopic (exact) mass is 147 g/mol. The van der Waals surface area contributed by atoms with Gasteiger partial charge < -0.3 is 5.73 Å². The van der Waals surface area contributed by atoms with E-state index < -0.39 is 0 Å². The summed E-state index contributed by atoms with van der Waals surface area (Å²) < 4.78 is 0. The van der Waals surface area contributed by atoms with E-state index in [-0.39, 0.29) is 0 Å². The molecule has 2 rings (SSSR count). The lowest BCUT2D eigenvalue weighted by Crippen LogP contribution is -2.08. The summed E-state index contributed by atoms with van der Waals surface area (Å²) in [4.78, 5) is 0. The van der Waals surface area contributed by atoms with E-state index >= 15 is 0 Å². The van der Waals surface area contributed by atoms with Crippen LogP contribution >= 0.6 is 0 Å². The summed E-state index contributed by atoms with van der Waals surface area (Å²) in [7, 11) is 0. The van der Waals surface area contributed by atoms with Gasteiger partial charge >= 0.3 is 0 Å². The maximum Gasteiger partial charge on any atom is 0.0316 e. The zero-order chi connectivity index (χ0) is 7.68. The normalized spacial score (nSPS) is 17.8. The molecule has 0 heterocycles. The second kappa shape index (κ2) is 2.57. The van der Waals surface area contributed by atoms with E-state index in [2.05, 4.69) is 12.1 Å². The number of rotatable bonds is 1. The van der Waals surface area contributed by atoms with E-state index in [1.807, 2.05) is 12.1 Å². The molecule has 1 aromatic carbocycles. The molecule has 0 bridgehead atoms. The largest absolute Gasteiger partial charge is 0.399 e. The van der Waals surface area contributed by atoms with Crippen LogP contribution in [-0.4, -0.2) is 0 Å². The van der Waals surface area contributed by atoms with Crippen molar-refractivity contribution in [2.75, 3.05) is 5.73 Å². The van der Waals surface area contributed by atoms with Gasteiger partial charge in [-0.2, -0.15) is 0 Å². The molecule has 0 atom stereocenters. The Kier molecular flexibility index (Phi) is 1.57. The van der Waals surface area contributed by atoms with Gasteiger partial charge in [-0.3, -0.25) is 0 Å². The molecule has 1 heteroatoms. The van der Waals surface area contributed by atoms with Crippen LogP contribution in [0.15, 0.2) is 24.3 Å². The van der Waals surface area contributed by atoms with Gasteiger partial charge in [0.05, 0.1) is 0 Å². The van der Waals surface area contributed by atoms with Crippen LogP contribution in [0.25, 0.3) is 0 Å². The number of anilines is 1. The van der Waals surface area contributed by atoms with E-state index in [0.717, 1.165) is 11.6 Å². The number of hydrogen-bond acceptors (Lipinski definition) is 1. The average Bonchev–Trinajstić information content (AvgIpc) is 1.83. The van der Waals surface area contributed by atoms with E-state index in [1.54, 1.807) is 0 Å². The lowest BCUT2D eigenvalue weighted by molar-refractivity contribution is 0.420. The van der Waals surface area contributed by atoms with Crippen LogP contribution in [0.1, 0.15) is 30.7 Å². The van der Waals surface area contributed by atoms with Gasteiger partial charge in [0.25, 0.3) is 0 Å². The minimum Gasteiger partial charge on any atom is -0.399 e. The molecule has 1 nitrogen and oxygen atoms in total. The highest BCUT2D eigenvalue weighted by Crippen LogP contribution is 2.36. The van der Waals surface area contributed by atoms with Gasteiger partial charge in [-0.1, -0.05) is 18.6 Å². The van der Waals surface area contributed by atoms with Crippen LogP contribution in [0.2, 0.25) is 0 Å². The van der Waals surface area contributed by atoms with Gasteiger partial charge in [0.1, 0.15) is 0 Å². The Labute approximate surface area is 67.2 Å². The molecular weight excluding hydrogens is 134 g/mol. The van der Waals surface area contributed by atoms with Crippen molar-refractivity contribution in [3.63, 3.8) is 0 Å². The van der Waals surface area contributed by atoms with E-state index in [1.165, 1.54) is 24.8 Å². The van der Waals surface area contributed by atoms with Gasteiger partial charge in [-0.15, -0.1) is 0 Å². The molecule has 1 saturated carbocycles. The highest BCUT2D eigenvalue weighted by atomic mass is 14.5. The molecule has 1 aromatic rings. The second-order valence-electron chi connectivity index (χ2n) is 3.30. The lowest BCUT2D eigenvalue weighted by atomic mass is 9.80. The van der Waals surface area contributed by atoms with Crippen LogP contribution in [0.5, 0.6) is 0 Å². The zero-order valence-electron chi connectivity index (χ0n) is 6.59. The maximum absolute atomic E-state index is 5.68. The molecule has 1 aliphatic carbocycles.